The lowest BCUT2D eigenvalue weighted by Crippen LogP contribution is -2.49. The van der Waals surface area contributed by atoms with Crippen LogP contribution in [0.15, 0.2) is 24.3 Å². The second-order valence-corrected chi connectivity index (χ2v) is 6.35. The van der Waals surface area contributed by atoms with Crippen molar-refractivity contribution in [2.45, 2.75) is 32.0 Å². The standard InChI is InChI=1S/C18H23F3N2O4/c1-2-22(11-17(25)26)13-7-9-23(10-8-13)16(24)12-27-15-6-4-3-5-14(15)18(19,20)21/h3-6,13H,2,7-12H2,1H3,(H,25,26). The molecule has 0 unspecified atom stereocenters. The van der Waals surface area contributed by atoms with Gasteiger partial charge in [0.15, 0.2) is 6.61 Å². The summed E-state index contributed by atoms with van der Waals surface area (Å²) in [6.45, 7) is 2.80. The Morgan fingerprint density at radius 1 is 1.26 bits per heavy atom. The number of likely N-dealkylation sites (N-methyl/N-ethyl adjacent to an activating group) is 1. The lowest BCUT2D eigenvalue weighted by Gasteiger charge is -2.37. The summed E-state index contributed by atoms with van der Waals surface area (Å²) in [6.07, 6.45) is -3.32. The van der Waals surface area contributed by atoms with E-state index in [-0.39, 0.29) is 24.2 Å². The molecule has 1 aliphatic rings. The Labute approximate surface area is 155 Å². The first-order chi connectivity index (χ1) is 12.7. The number of amides is 1. The van der Waals surface area contributed by atoms with E-state index in [0.29, 0.717) is 32.5 Å². The molecule has 0 radical (unpaired) electrons. The highest BCUT2D eigenvalue weighted by Crippen LogP contribution is 2.35. The van der Waals surface area contributed by atoms with Crippen LogP contribution in [0.3, 0.4) is 0 Å². The molecule has 1 aromatic rings. The van der Waals surface area contributed by atoms with Crippen molar-refractivity contribution in [1.29, 1.82) is 0 Å². The van der Waals surface area contributed by atoms with Crippen molar-refractivity contribution in [3.05, 3.63) is 29.8 Å². The molecule has 1 fully saturated rings. The molecule has 150 valence electrons. The summed E-state index contributed by atoms with van der Waals surface area (Å²) in [4.78, 5) is 26.6. The lowest BCUT2D eigenvalue weighted by molar-refractivity contribution is -0.141. The zero-order valence-corrected chi connectivity index (χ0v) is 15.0. The second kappa shape index (κ2) is 9.07. The summed E-state index contributed by atoms with van der Waals surface area (Å²) in [5.41, 5.74) is -0.913. The number of hydrogen-bond acceptors (Lipinski definition) is 4. The van der Waals surface area contributed by atoms with Crippen molar-refractivity contribution in [1.82, 2.24) is 9.80 Å². The Kier molecular flexibility index (Phi) is 7.06. The van der Waals surface area contributed by atoms with Crippen LogP contribution in [0.25, 0.3) is 0 Å². The number of carboxylic acids is 1. The molecule has 0 aromatic heterocycles. The number of para-hydroxylation sites is 1. The zero-order chi connectivity index (χ0) is 20.0. The van der Waals surface area contributed by atoms with Crippen LogP contribution in [0.2, 0.25) is 0 Å². The molecule has 1 amide bonds. The number of piperidine rings is 1. The topological polar surface area (TPSA) is 70.1 Å². The largest absolute Gasteiger partial charge is 0.483 e. The Hall–Kier alpha value is -2.29. The molecule has 0 saturated carbocycles. The van der Waals surface area contributed by atoms with Crippen molar-refractivity contribution in [2.24, 2.45) is 0 Å². The van der Waals surface area contributed by atoms with Gasteiger partial charge in [-0.15, -0.1) is 0 Å². The van der Waals surface area contributed by atoms with Gasteiger partial charge in [0.1, 0.15) is 5.75 Å². The monoisotopic (exact) mass is 388 g/mol. The maximum absolute atomic E-state index is 12.9. The summed E-state index contributed by atoms with van der Waals surface area (Å²) in [5, 5.41) is 8.94. The predicted octanol–water partition coefficient (Wildman–Crippen LogP) is 2.48. The van der Waals surface area contributed by atoms with Crippen molar-refractivity contribution in [3.63, 3.8) is 0 Å². The molecule has 27 heavy (non-hydrogen) atoms. The third-order valence-electron chi connectivity index (χ3n) is 4.62. The third-order valence-corrected chi connectivity index (χ3v) is 4.62. The van der Waals surface area contributed by atoms with Gasteiger partial charge < -0.3 is 14.7 Å². The summed E-state index contributed by atoms with van der Waals surface area (Å²) >= 11 is 0. The van der Waals surface area contributed by atoms with Crippen LogP contribution in [0, 0.1) is 0 Å². The molecule has 0 spiro atoms. The SMILES string of the molecule is CCN(CC(=O)O)C1CCN(C(=O)COc2ccccc2C(F)(F)F)CC1. The maximum atomic E-state index is 12.9. The van der Waals surface area contributed by atoms with E-state index in [2.05, 4.69) is 0 Å². The summed E-state index contributed by atoms with van der Waals surface area (Å²) < 4.78 is 44.0. The van der Waals surface area contributed by atoms with Gasteiger partial charge in [-0.25, -0.2) is 0 Å². The number of carbonyl (C=O) groups is 2. The summed E-state index contributed by atoms with van der Waals surface area (Å²) in [5.74, 6) is -1.65. The quantitative estimate of drug-likeness (QED) is 0.777. The molecule has 1 N–H and O–H groups in total. The fourth-order valence-electron chi connectivity index (χ4n) is 3.21. The number of nitrogens with zero attached hydrogens (tertiary/aromatic N) is 2. The van der Waals surface area contributed by atoms with Gasteiger partial charge >= 0.3 is 12.1 Å². The van der Waals surface area contributed by atoms with Gasteiger partial charge in [-0.2, -0.15) is 13.2 Å². The highest BCUT2D eigenvalue weighted by Gasteiger charge is 2.34. The molecular weight excluding hydrogens is 365 g/mol. The summed E-state index contributed by atoms with van der Waals surface area (Å²) in [6, 6.07) is 4.85. The molecule has 0 atom stereocenters. The Bertz CT molecular complexity index is 658. The highest BCUT2D eigenvalue weighted by atomic mass is 19.4. The van der Waals surface area contributed by atoms with Crippen molar-refractivity contribution in [3.8, 4) is 5.75 Å². The van der Waals surface area contributed by atoms with E-state index in [0.717, 1.165) is 6.07 Å². The molecule has 1 aliphatic heterocycles. The Balaban J connectivity index is 1.88. The maximum Gasteiger partial charge on any atom is 0.419 e. The fraction of sp³-hybridized carbons (Fsp3) is 0.556. The Morgan fingerprint density at radius 2 is 1.89 bits per heavy atom. The van der Waals surface area contributed by atoms with E-state index in [1.165, 1.54) is 18.2 Å². The zero-order valence-electron chi connectivity index (χ0n) is 15.0. The van der Waals surface area contributed by atoms with Gasteiger partial charge in [0.25, 0.3) is 5.91 Å². The van der Waals surface area contributed by atoms with Gasteiger partial charge in [0.2, 0.25) is 0 Å². The van der Waals surface area contributed by atoms with E-state index in [4.69, 9.17) is 9.84 Å². The van der Waals surface area contributed by atoms with Gasteiger partial charge in [-0.05, 0) is 31.5 Å². The number of hydrogen-bond donors (Lipinski definition) is 1. The molecule has 1 heterocycles. The number of halogens is 3. The van der Waals surface area contributed by atoms with E-state index in [9.17, 15) is 22.8 Å². The van der Waals surface area contributed by atoms with Gasteiger partial charge in [0, 0.05) is 19.1 Å². The first kappa shape index (κ1) is 21.0. The molecule has 6 nitrogen and oxygen atoms in total. The fourth-order valence-corrected chi connectivity index (χ4v) is 3.21. The molecular formula is C18H23F3N2O4. The van der Waals surface area contributed by atoms with E-state index in [1.807, 2.05) is 11.8 Å². The number of carbonyl (C=O) groups excluding carboxylic acids is 1. The molecule has 1 aromatic carbocycles. The van der Waals surface area contributed by atoms with Crippen LogP contribution >= 0.6 is 0 Å². The Morgan fingerprint density at radius 3 is 2.44 bits per heavy atom. The minimum atomic E-state index is -4.55. The lowest BCUT2D eigenvalue weighted by atomic mass is 10.0. The minimum Gasteiger partial charge on any atom is -0.483 e. The van der Waals surface area contributed by atoms with Gasteiger partial charge in [-0.3, -0.25) is 14.5 Å². The molecule has 0 aliphatic carbocycles. The number of ether oxygens (including phenoxy) is 1. The number of likely N-dealkylation sites (tertiary alicyclic amines) is 1. The van der Waals surface area contributed by atoms with Crippen LogP contribution in [-0.4, -0.2) is 65.6 Å². The van der Waals surface area contributed by atoms with Gasteiger partial charge in [-0.1, -0.05) is 19.1 Å². The van der Waals surface area contributed by atoms with E-state index < -0.39 is 24.3 Å². The number of aliphatic carboxylic acids is 1. The normalized spacial score (nSPS) is 15.8. The van der Waals surface area contributed by atoms with Crippen LogP contribution in [0.4, 0.5) is 13.2 Å². The van der Waals surface area contributed by atoms with Crippen LogP contribution in [0.1, 0.15) is 25.3 Å². The average Bonchev–Trinajstić information content (AvgIpc) is 2.63. The summed E-state index contributed by atoms with van der Waals surface area (Å²) in [7, 11) is 0. The molecule has 9 heteroatoms. The molecule has 1 saturated heterocycles. The molecule has 0 bridgehead atoms. The van der Waals surface area contributed by atoms with Gasteiger partial charge in [0.05, 0.1) is 12.1 Å². The number of carboxylic acid groups (broad SMARTS) is 1. The van der Waals surface area contributed by atoms with Crippen molar-refractivity contribution < 1.29 is 32.6 Å². The number of alkyl halides is 3. The minimum absolute atomic E-state index is 0.0492. The first-order valence-corrected chi connectivity index (χ1v) is 8.75. The number of benzene rings is 1. The second-order valence-electron chi connectivity index (χ2n) is 6.35. The van der Waals surface area contributed by atoms with Crippen LogP contribution < -0.4 is 4.74 Å². The third kappa shape index (κ3) is 5.85. The van der Waals surface area contributed by atoms with E-state index in [1.54, 1.807) is 4.90 Å². The average molecular weight is 388 g/mol. The van der Waals surface area contributed by atoms with Crippen LogP contribution in [0.5, 0.6) is 5.75 Å². The van der Waals surface area contributed by atoms with E-state index >= 15 is 0 Å². The smallest absolute Gasteiger partial charge is 0.419 e. The van der Waals surface area contributed by atoms with Crippen molar-refractivity contribution >= 4 is 11.9 Å². The van der Waals surface area contributed by atoms with Crippen molar-refractivity contribution in [2.75, 3.05) is 32.8 Å². The predicted molar refractivity (Wildman–Crippen MR) is 91.4 cm³/mol. The molecule has 2 rings (SSSR count). The highest BCUT2D eigenvalue weighted by molar-refractivity contribution is 5.78. The van der Waals surface area contributed by atoms with Crippen LogP contribution in [-0.2, 0) is 15.8 Å². The number of rotatable bonds is 7. The first-order valence-electron chi connectivity index (χ1n) is 8.75.